The molecule has 84 valence electrons. The van der Waals surface area contributed by atoms with Gasteiger partial charge in [0, 0.05) is 5.69 Å². The first kappa shape index (κ1) is 12.7. The summed E-state index contributed by atoms with van der Waals surface area (Å²) in [4.78, 5) is 0. The minimum absolute atomic E-state index is 0. The molecule has 4 heteroatoms. The number of halogens is 2. The van der Waals surface area contributed by atoms with E-state index in [1.807, 2.05) is 30.3 Å². The normalized spacial score (nSPS) is 9.31. The minimum atomic E-state index is 0. The van der Waals surface area contributed by atoms with Crippen LogP contribution in [0.5, 0.6) is 11.5 Å². The molecule has 0 amide bonds. The molecule has 2 rings (SSSR count). The highest BCUT2D eigenvalue weighted by Crippen LogP contribution is 2.30. The molecule has 16 heavy (non-hydrogen) atoms. The van der Waals surface area contributed by atoms with Crippen molar-refractivity contribution in [3.05, 3.63) is 53.6 Å². The average Bonchev–Trinajstić information content (AvgIpc) is 2.24. The molecule has 2 N–H and O–H groups in total. The summed E-state index contributed by atoms with van der Waals surface area (Å²) in [6.07, 6.45) is 0. The number of nitrogen functional groups attached to an aromatic ring is 1. The smallest absolute Gasteiger partial charge is 0.146 e. The summed E-state index contributed by atoms with van der Waals surface area (Å²) >= 11 is 5.97. The summed E-state index contributed by atoms with van der Waals surface area (Å²) in [7, 11) is 0. The van der Waals surface area contributed by atoms with Gasteiger partial charge in [-0.05, 0) is 30.3 Å². The highest BCUT2D eigenvalue weighted by molar-refractivity contribution is 6.32. The van der Waals surface area contributed by atoms with Crippen LogP contribution in [0.3, 0.4) is 0 Å². The summed E-state index contributed by atoms with van der Waals surface area (Å²) in [6, 6.07) is 14.6. The maximum absolute atomic E-state index is 5.97. The minimum Gasteiger partial charge on any atom is -0.456 e. The first-order valence-corrected chi connectivity index (χ1v) is 4.91. The number of rotatable bonds is 2. The van der Waals surface area contributed by atoms with Gasteiger partial charge in [-0.15, -0.1) is 12.4 Å². The summed E-state index contributed by atoms with van der Waals surface area (Å²) < 4.78 is 5.58. The van der Waals surface area contributed by atoms with Crippen molar-refractivity contribution in [1.29, 1.82) is 0 Å². The zero-order valence-electron chi connectivity index (χ0n) is 8.39. The Labute approximate surface area is 105 Å². The molecule has 0 radical (unpaired) electrons. The number of anilines is 1. The SMILES string of the molecule is Cl.Nc1ccc(Oc2ccccc2)c(Cl)c1. The molecule has 0 aromatic heterocycles. The Kier molecular flexibility index (Phi) is 4.47. The van der Waals surface area contributed by atoms with Crippen LogP contribution >= 0.6 is 24.0 Å². The van der Waals surface area contributed by atoms with E-state index in [0.717, 1.165) is 5.75 Å². The highest BCUT2D eigenvalue weighted by Gasteiger charge is 2.02. The fourth-order valence-corrected chi connectivity index (χ4v) is 1.44. The van der Waals surface area contributed by atoms with Crippen LogP contribution in [0, 0.1) is 0 Å². The van der Waals surface area contributed by atoms with Gasteiger partial charge in [-0.1, -0.05) is 29.8 Å². The number of para-hydroxylation sites is 1. The average molecular weight is 256 g/mol. The first-order chi connectivity index (χ1) is 7.25. The zero-order valence-corrected chi connectivity index (χ0v) is 9.96. The van der Waals surface area contributed by atoms with Gasteiger partial charge < -0.3 is 10.5 Å². The van der Waals surface area contributed by atoms with Crippen LogP contribution in [0.25, 0.3) is 0 Å². The van der Waals surface area contributed by atoms with Gasteiger partial charge in [0.1, 0.15) is 11.5 Å². The standard InChI is InChI=1S/C12H10ClNO.ClH/c13-11-8-9(14)6-7-12(11)15-10-4-2-1-3-5-10;/h1-8H,14H2;1H. The lowest BCUT2D eigenvalue weighted by Gasteiger charge is -2.07. The molecule has 0 spiro atoms. The van der Waals surface area contributed by atoms with Gasteiger partial charge in [0.05, 0.1) is 5.02 Å². The molecule has 0 aliphatic rings. The summed E-state index contributed by atoms with van der Waals surface area (Å²) in [5.41, 5.74) is 6.21. The highest BCUT2D eigenvalue weighted by atomic mass is 35.5. The van der Waals surface area contributed by atoms with E-state index in [1.54, 1.807) is 18.2 Å². The Morgan fingerprint density at radius 3 is 2.31 bits per heavy atom. The van der Waals surface area contributed by atoms with Gasteiger partial charge in [-0.25, -0.2) is 0 Å². The van der Waals surface area contributed by atoms with Crippen molar-refractivity contribution in [2.45, 2.75) is 0 Å². The van der Waals surface area contributed by atoms with E-state index in [4.69, 9.17) is 22.1 Å². The Morgan fingerprint density at radius 2 is 1.69 bits per heavy atom. The largest absolute Gasteiger partial charge is 0.456 e. The van der Waals surface area contributed by atoms with E-state index in [-0.39, 0.29) is 12.4 Å². The lowest BCUT2D eigenvalue weighted by Crippen LogP contribution is -1.88. The first-order valence-electron chi connectivity index (χ1n) is 4.53. The third-order valence-corrected chi connectivity index (χ3v) is 2.22. The van der Waals surface area contributed by atoms with E-state index in [2.05, 4.69) is 0 Å². The van der Waals surface area contributed by atoms with Gasteiger partial charge in [-0.2, -0.15) is 0 Å². The van der Waals surface area contributed by atoms with Crippen molar-refractivity contribution in [2.75, 3.05) is 5.73 Å². The molecule has 0 saturated carbocycles. The van der Waals surface area contributed by atoms with Crippen LogP contribution in [-0.4, -0.2) is 0 Å². The topological polar surface area (TPSA) is 35.2 Å². The predicted molar refractivity (Wildman–Crippen MR) is 69.6 cm³/mol. The van der Waals surface area contributed by atoms with Crippen LogP contribution < -0.4 is 10.5 Å². The third kappa shape index (κ3) is 3.05. The Balaban J connectivity index is 0.00000128. The van der Waals surface area contributed by atoms with Gasteiger partial charge in [0.2, 0.25) is 0 Å². The number of hydrogen-bond donors (Lipinski definition) is 1. The summed E-state index contributed by atoms with van der Waals surface area (Å²) in [6.45, 7) is 0. The lowest BCUT2D eigenvalue weighted by molar-refractivity contribution is 0.483. The van der Waals surface area contributed by atoms with Crippen molar-refractivity contribution < 1.29 is 4.74 Å². The van der Waals surface area contributed by atoms with Crippen molar-refractivity contribution in [1.82, 2.24) is 0 Å². The molecule has 0 bridgehead atoms. The van der Waals surface area contributed by atoms with E-state index in [0.29, 0.717) is 16.5 Å². The Hall–Kier alpha value is -1.38. The molecule has 0 unspecified atom stereocenters. The molecular weight excluding hydrogens is 245 g/mol. The molecule has 2 aromatic rings. The molecule has 0 aliphatic heterocycles. The maximum atomic E-state index is 5.97. The maximum Gasteiger partial charge on any atom is 0.146 e. The second kappa shape index (κ2) is 5.64. The predicted octanol–water partition coefficient (Wildman–Crippen LogP) is 4.14. The molecule has 0 saturated heterocycles. The fraction of sp³-hybridized carbons (Fsp3) is 0. The number of benzene rings is 2. The van der Waals surface area contributed by atoms with Crippen LogP contribution in [0.4, 0.5) is 5.69 Å². The van der Waals surface area contributed by atoms with Crippen molar-refractivity contribution in [3.8, 4) is 11.5 Å². The van der Waals surface area contributed by atoms with Crippen LogP contribution in [0.1, 0.15) is 0 Å². The molecule has 2 nitrogen and oxygen atoms in total. The van der Waals surface area contributed by atoms with Gasteiger partial charge in [-0.3, -0.25) is 0 Å². The van der Waals surface area contributed by atoms with E-state index in [9.17, 15) is 0 Å². The Bertz CT molecular complexity index is 460. The fourth-order valence-electron chi connectivity index (χ4n) is 1.22. The number of nitrogens with two attached hydrogens (primary N) is 1. The third-order valence-electron chi connectivity index (χ3n) is 1.93. The quantitative estimate of drug-likeness (QED) is 0.819. The zero-order chi connectivity index (χ0) is 10.7. The van der Waals surface area contributed by atoms with Gasteiger partial charge in [0.25, 0.3) is 0 Å². The lowest BCUT2D eigenvalue weighted by atomic mass is 10.3. The monoisotopic (exact) mass is 255 g/mol. The van der Waals surface area contributed by atoms with Crippen molar-refractivity contribution in [3.63, 3.8) is 0 Å². The number of hydrogen-bond acceptors (Lipinski definition) is 2. The summed E-state index contributed by atoms with van der Waals surface area (Å²) in [5, 5.41) is 0.513. The van der Waals surface area contributed by atoms with Gasteiger partial charge >= 0.3 is 0 Å². The second-order valence-corrected chi connectivity index (χ2v) is 3.51. The van der Waals surface area contributed by atoms with E-state index >= 15 is 0 Å². The molecule has 0 atom stereocenters. The van der Waals surface area contributed by atoms with Crippen molar-refractivity contribution in [2.24, 2.45) is 0 Å². The second-order valence-electron chi connectivity index (χ2n) is 3.10. The van der Waals surface area contributed by atoms with Crippen LogP contribution in [-0.2, 0) is 0 Å². The van der Waals surface area contributed by atoms with Gasteiger partial charge in [0.15, 0.2) is 0 Å². The Morgan fingerprint density at radius 1 is 1.00 bits per heavy atom. The summed E-state index contributed by atoms with van der Waals surface area (Å²) in [5.74, 6) is 1.36. The van der Waals surface area contributed by atoms with Crippen molar-refractivity contribution >= 4 is 29.7 Å². The number of ether oxygens (including phenoxy) is 1. The molecule has 2 aromatic carbocycles. The molecule has 0 aliphatic carbocycles. The van der Waals surface area contributed by atoms with E-state index < -0.39 is 0 Å². The molecular formula is C12H11Cl2NO. The molecule has 0 heterocycles. The van der Waals surface area contributed by atoms with Crippen LogP contribution in [0.2, 0.25) is 5.02 Å². The van der Waals surface area contributed by atoms with E-state index in [1.165, 1.54) is 0 Å². The van der Waals surface area contributed by atoms with Crippen LogP contribution in [0.15, 0.2) is 48.5 Å². The molecule has 0 fully saturated rings.